The molecule has 12 heteroatoms. The highest BCUT2D eigenvalue weighted by molar-refractivity contribution is 5.92. The van der Waals surface area contributed by atoms with E-state index in [2.05, 4.69) is 0 Å². The van der Waals surface area contributed by atoms with E-state index in [0.717, 1.165) is 7.11 Å². The SMILES string of the molecule is CCOC(=O)C1(O)OC2(C(=O)OC)c3c(oc4cc(C)cc(O)c4c3=O)C3c4c(oc5cc(C)cc(O)c5c4=O)CC1C32. The van der Waals surface area contributed by atoms with Crippen molar-refractivity contribution in [3.05, 3.63) is 78.5 Å². The van der Waals surface area contributed by atoms with Crippen molar-refractivity contribution in [1.29, 1.82) is 0 Å². The third-order valence-corrected chi connectivity index (χ3v) is 8.89. The topological polar surface area (TPSA) is 183 Å². The first-order chi connectivity index (χ1) is 20.4. The Morgan fingerprint density at radius 1 is 0.953 bits per heavy atom. The van der Waals surface area contributed by atoms with Crippen LogP contribution >= 0.6 is 0 Å². The van der Waals surface area contributed by atoms with Crippen LogP contribution in [0.5, 0.6) is 11.5 Å². The van der Waals surface area contributed by atoms with Crippen LogP contribution in [-0.2, 0) is 35.8 Å². The van der Waals surface area contributed by atoms with Gasteiger partial charge in [-0.1, -0.05) is 0 Å². The van der Waals surface area contributed by atoms with Gasteiger partial charge in [-0.15, -0.1) is 0 Å². The fraction of sp³-hybridized carbons (Fsp3) is 0.355. The lowest BCUT2D eigenvalue weighted by Gasteiger charge is -2.35. The Bertz CT molecular complexity index is 2050. The van der Waals surface area contributed by atoms with Crippen molar-refractivity contribution in [2.24, 2.45) is 11.8 Å². The molecule has 2 aliphatic carbocycles. The monoisotopic (exact) mass is 590 g/mol. The van der Waals surface area contributed by atoms with E-state index in [1.165, 1.54) is 25.1 Å². The highest BCUT2D eigenvalue weighted by Gasteiger charge is 2.78. The number of fused-ring (bicyclic) bond motifs is 7. The van der Waals surface area contributed by atoms with E-state index >= 15 is 0 Å². The maximum absolute atomic E-state index is 14.3. The quantitative estimate of drug-likeness (QED) is 0.297. The van der Waals surface area contributed by atoms with E-state index in [4.69, 9.17) is 23.0 Å². The number of hydrogen-bond donors (Lipinski definition) is 3. The van der Waals surface area contributed by atoms with Gasteiger partial charge in [0.2, 0.25) is 16.5 Å². The zero-order chi connectivity index (χ0) is 30.7. The standard InChI is InChI=1S/C31H26O12/c1-5-40-29(37)31(38)13-10-18-21(25(34)19-14(32)6-11(2)8-16(19)41-18)22-23(13)30(43-31,28(36)39-4)24-26(35)20-15(33)7-12(3)9-17(20)42-27(22)24/h6-9,13,22-23,32-33,38H,5,10H2,1-4H3. The summed E-state index contributed by atoms with van der Waals surface area (Å²) in [6, 6.07) is 5.82. The van der Waals surface area contributed by atoms with Gasteiger partial charge >= 0.3 is 11.9 Å². The number of aliphatic hydroxyl groups is 1. The number of phenols is 2. The molecule has 3 heterocycles. The Kier molecular flexibility index (Phi) is 5.48. The van der Waals surface area contributed by atoms with Crippen LogP contribution in [-0.4, -0.2) is 46.8 Å². The number of carbonyl (C=O) groups is 2. The second-order valence-corrected chi connectivity index (χ2v) is 11.3. The molecule has 12 nitrogen and oxygen atoms in total. The van der Waals surface area contributed by atoms with Crippen molar-refractivity contribution in [2.45, 2.75) is 44.5 Å². The fourth-order valence-electron chi connectivity index (χ4n) is 7.38. The smallest absolute Gasteiger partial charge is 0.367 e. The average Bonchev–Trinajstić information content (AvgIpc) is 3.37. The Hall–Kier alpha value is -4.68. The summed E-state index contributed by atoms with van der Waals surface area (Å²) in [4.78, 5) is 55.6. The lowest BCUT2D eigenvalue weighted by molar-refractivity contribution is -0.253. The highest BCUT2D eigenvalue weighted by Crippen LogP contribution is 2.67. The summed E-state index contributed by atoms with van der Waals surface area (Å²) >= 11 is 0. The molecule has 0 amide bonds. The molecule has 1 aliphatic heterocycles. The first-order valence-corrected chi connectivity index (χ1v) is 13.7. The number of carbonyl (C=O) groups excluding carboxylic acids is 2. The third-order valence-electron chi connectivity index (χ3n) is 8.89. The largest absolute Gasteiger partial charge is 0.507 e. The van der Waals surface area contributed by atoms with Gasteiger partial charge < -0.3 is 38.4 Å². The number of rotatable bonds is 3. The molecular weight excluding hydrogens is 564 g/mol. The molecule has 5 atom stereocenters. The normalized spacial score (nSPS) is 26.7. The zero-order valence-corrected chi connectivity index (χ0v) is 23.5. The Morgan fingerprint density at radius 2 is 1.56 bits per heavy atom. The predicted molar refractivity (Wildman–Crippen MR) is 147 cm³/mol. The van der Waals surface area contributed by atoms with Gasteiger partial charge in [0, 0.05) is 23.8 Å². The maximum atomic E-state index is 14.3. The molecule has 222 valence electrons. The number of ether oxygens (including phenoxy) is 3. The molecule has 2 aromatic heterocycles. The van der Waals surface area contributed by atoms with E-state index in [-0.39, 0.29) is 57.8 Å². The second-order valence-electron chi connectivity index (χ2n) is 11.3. The molecule has 43 heavy (non-hydrogen) atoms. The van der Waals surface area contributed by atoms with Crippen LogP contribution in [0, 0.1) is 25.7 Å². The lowest BCUT2D eigenvalue weighted by atomic mass is 9.66. The highest BCUT2D eigenvalue weighted by atomic mass is 16.7. The second kappa shape index (κ2) is 8.68. The Balaban J connectivity index is 1.66. The number of methoxy groups -OCH3 is 1. The number of benzene rings is 2. The van der Waals surface area contributed by atoms with Crippen LogP contribution in [0.25, 0.3) is 21.9 Å². The Morgan fingerprint density at radius 3 is 2.16 bits per heavy atom. The van der Waals surface area contributed by atoms with Gasteiger partial charge in [0.05, 0.1) is 25.2 Å². The molecule has 5 unspecified atom stereocenters. The summed E-state index contributed by atoms with van der Waals surface area (Å²) in [7, 11) is 1.05. The van der Waals surface area contributed by atoms with E-state index in [1.807, 2.05) is 0 Å². The number of phenolic OH excluding ortho intramolecular Hbond substituents is 2. The molecule has 3 aliphatic rings. The lowest BCUT2D eigenvalue weighted by Crippen LogP contribution is -2.50. The van der Waals surface area contributed by atoms with Crippen molar-refractivity contribution in [1.82, 2.24) is 0 Å². The van der Waals surface area contributed by atoms with Crippen LogP contribution in [0.4, 0.5) is 0 Å². The number of hydrogen-bond acceptors (Lipinski definition) is 12. The summed E-state index contributed by atoms with van der Waals surface area (Å²) in [5.74, 6) is -9.83. The van der Waals surface area contributed by atoms with Crippen molar-refractivity contribution < 1.29 is 48.0 Å². The van der Waals surface area contributed by atoms with Crippen LogP contribution < -0.4 is 10.9 Å². The summed E-state index contributed by atoms with van der Waals surface area (Å²) in [6.07, 6.45) is -0.281. The molecule has 4 aromatic rings. The molecule has 7 rings (SSSR count). The minimum atomic E-state index is -2.78. The molecule has 2 aromatic carbocycles. The van der Waals surface area contributed by atoms with E-state index in [1.54, 1.807) is 19.9 Å². The van der Waals surface area contributed by atoms with E-state index < -0.39 is 63.3 Å². The van der Waals surface area contributed by atoms with Crippen LogP contribution in [0.2, 0.25) is 0 Å². The first kappa shape index (κ1) is 27.2. The first-order valence-electron chi connectivity index (χ1n) is 13.7. The number of aryl methyl sites for hydroxylation is 2. The molecule has 0 radical (unpaired) electrons. The molecule has 3 N–H and O–H groups in total. The van der Waals surface area contributed by atoms with E-state index in [9.17, 15) is 34.5 Å². The van der Waals surface area contributed by atoms with Gasteiger partial charge in [-0.3, -0.25) is 9.59 Å². The maximum Gasteiger partial charge on any atom is 0.367 e. The molecule has 1 fully saturated rings. The minimum Gasteiger partial charge on any atom is -0.507 e. The van der Waals surface area contributed by atoms with E-state index in [0.29, 0.717) is 11.1 Å². The van der Waals surface area contributed by atoms with Crippen LogP contribution in [0.3, 0.4) is 0 Å². The van der Waals surface area contributed by atoms with Crippen molar-refractivity contribution >= 4 is 33.9 Å². The molecular formula is C31H26O12. The van der Waals surface area contributed by atoms with Gasteiger partial charge in [-0.2, -0.15) is 0 Å². The van der Waals surface area contributed by atoms with Gasteiger partial charge in [0.15, 0.2) is 0 Å². The van der Waals surface area contributed by atoms with Gasteiger partial charge in [-0.05, 0) is 56.2 Å². The molecule has 0 bridgehead atoms. The third kappa shape index (κ3) is 3.22. The fourth-order valence-corrected chi connectivity index (χ4v) is 7.38. The van der Waals surface area contributed by atoms with Crippen molar-refractivity contribution in [3.63, 3.8) is 0 Å². The van der Waals surface area contributed by atoms with Gasteiger partial charge in [0.1, 0.15) is 45.0 Å². The summed E-state index contributed by atoms with van der Waals surface area (Å²) in [6.45, 7) is 4.76. The van der Waals surface area contributed by atoms with Crippen LogP contribution in [0.15, 0.2) is 42.7 Å². The van der Waals surface area contributed by atoms with Crippen molar-refractivity contribution in [2.75, 3.05) is 13.7 Å². The van der Waals surface area contributed by atoms with Crippen molar-refractivity contribution in [3.8, 4) is 11.5 Å². The molecule has 0 spiro atoms. The minimum absolute atomic E-state index is 0.0192. The summed E-state index contributed by atoms with van der Waals surface area (Å²) in [5, 5.41) is 33.0. The number of aromatic hydroxyl groups is 2. The average molecular weight is 591 g/mol. The molecule has 1 saturated heterocycles. The van der Waals surface area contributed by atoms with Gasteiger partial charge in [0.25, 0.3) is 5.79 Å². The molecule has 0 saturated carbocycles. The summed E-state index contributed by atoms with van der Waals surface area (Å²) < 4.78 is 28.7. The zero-order valence-electron chi connectivity index (χ0n) is 23.5. The Labute approximate surface area is 242 Å². The summed E-state index contributed by atoms with van der Waals surface area (Å²) in [5.41, 5.74) is -3.20. The predicted octanol–water partition coefficient (Wildman–Crippen LogP) is 2.51. The van der Waals surface area contributed by atoms with Gasteiger partial charge in [-0.25, -0.2) is 9.59 Å². The van der Waals surface area contributed by atoms with Crippen LogP contribution in [0.1, 0.15) is 46.6 Å². The number of esters is 2.